The van der Waals surface area contributed by atoms with Crippen LogP contribution in [0.3, 0.4) is 0 Å². The van der Waals surface area contributed by atoms with Crippen LogP contribution in [0.25, 0.3) is 0 Å². The van der Waals surface area contributed by atoms with Crippen molar-refractivity contribution >= 4 is 29.5 Å². The zero-order valence-electron chi connectivity index (χ0n) is 23.2. The molecule has 5 aliphatic rings. The first-order valence-corrected chi connectivity index (χ1v) is 15.7. The summed E-state index contributed by atoms with van der Waals surface area (Å²) in [6.07, 6.45) is 12.5. The molecule has 0 aromatic rings. The molecule has 0 aromatic carbocycles. The Morgan fingerprint density at radius 2 is 1.67 bits per heavy atom. The van der Waals surface area contributed by atoms with Gasteiger partial charge in [-0.3, -0.25) is 19.3 Å². The first-order chi connectivity index (χ1) is 19.0. The van der Waals surface area contributed by atoms with Crippen molar-refractivity contribution in [3.05, 3.63) is 24.3 Å². The number of carbonyl (C=O) groups excluding carboxylic acids is 3. The maximum absolute atomic E-state index is 14.3. The molecule has 0 saturated carbocycles. The molecule has 0 aliphatic carbocycles. The van der Waals surface area contributed by atoms with Crippen LogP contribution in [0, 0.1) is 11.8 Å². The van der Waals surface area contributed by atoms with Crippen molar-refractivity contribution in [3.63, 3.8) is 0 Å². The second-order valence-electron chi connectivity index (χ2n) is 11.4. The van der Waals surface area contributed by atoms with Crippen molar-refractivity contribution in [2.45, 2.75) is 55.1 Å². The lowest BCUT2D eigenvalue weighted by Gasteiger charge is -2.36. The Balaban J connectivity index is 1.42. The Hall–Kier alpha value is -1.88. The van der Waals surface area contributed by atoms with E-state index in [0.717, 1.165) is 65.0 Å². The van der Waals surface area contributed by atoms with Crippen molar-refractivity contribution in [1.82, 2.24) is 19.6 Å². The minimum Gasteiger partial charge on any atom is -0.396 e. The normalized spacial score (nSPS) is 32.9. The molecule has 39 heavy (non-hydrogen) atoms. The second kappa shape index (κ2) is 12.7. The molecule has 5 atom stereocenters. The minimum absolute atomic E-state index is 0.00488. The Labute approximate surface area is 236 Å². The van der Waals surface area contributed by atoms with E-state index in [1.807, 2.05) is 14.7 Å². The SMILES string of the molecule is CCCN1CC=C[C@@H]2S[C@]34C=CCN(CCN5CCOCC5)C(=O)C3N(CCCCCCO)C(=O)[C@@H]4[C@@H]2C1=O. The first kappa shape index (κ1) is 28.6. The number of aliphatic hydroxyl groups excluding tert-OH is 1. The van der Waals surface area contributed by atoms with Gasteiger partial charge in [0.05, 0.1) is 29.8 Å². The van der Waals surface area contributed by atoms with Crippen molar-refractivity contribution in [2.75, 3.05) is 72.2 Å². The van der Waals surface area contributed by atoms with Crippen molar-refractivity contribution in [3.8, 4) is 0 Å². The molecule has 3 fully saturated rings. The number of ether oxygens (including phenoxy) is 1. The second-order valence-corrected chi connectivity index (χ2v) is 12.9. The van der Waals surface area contributed by atoms with E-state index in [0.29, 0.717) is 32.7 Å². The molecule has 5 aliphatic heterocycles. The van der Waals surface area contributed by atoms with E-state index in [4.69, 9.17) is 9.84 Å². The number of morpholine rings is 1. The number of amides is 3. The number of hydrogen-bond donors (Lipinski definition) is 1. The summed E-state index contributed by atoms with van der Waals surface area (Å²) in [7, 11) is 0. The van der Waals surface area contributed by atoms with E-state index >= 15 is 0 Å². The predicted molar refractivity (Wildman–Crippen MR) is 151 cm³/mol. The van der Waals surface area contributed by atoms with Crippen LogP contribution in [-0.2, 0) is 19.1 Å². The van der Waals surface area contributed by atoms with Crippen LogP contribution in [-0.4, -0.2) is 131 Å². The van der Waals surface area contributed by atoms with Gasteiger partial charge in [-0.05, 0) is 19.3 Å². The van der Waals surface area contributed by atoms with Gasteiger partial charge in [-0.15, -0.1) is 11.8 Å². The molecule has 3 amide bonds. The largest absolute Gasteiger partial charge is 0.396 e. The van der Waals surface area contributed by atoms with Gasteiger partial charge in [0.25, 0.3) is 0 Å². The molecule has 1 N–H and O–H groups in total. The van der Waals surface area contributed by atoms with E-state index in [-0.39, 0.29) is 29.6 Å². The molecule has 0 radical (unpaired) electrons. The quantitative estimate of drug-likeness (QED) is 0.301. The number of rotatable bonds is 11. The van der Waals surface area contributed by atoms with Crippen LogP contribution in [0.2, 0.25) is 0 Å². The van der Waals surface area contributed by atoms with Crippen LogP contribution >= 0.6 is 11.8 Å². The lowest BCUT2D eigenvalue weighted by Crippen LogP contribution is -2.54. The van der Waals surface area contributed by atoms with Gasteiger partial charge >= 0.3 is 0 Å². The average molecular weight is 561 g/mol. The number of carbonyl (C=O) groups is 3. The highest BCUT2D eigenvalue weighted by Gasteiger charge is 2.70. The fourth-order valence-corrected chi connectivity index (χ4v) is 8.99. The number of thioether (sulfide) groups is 1. The number of unbranched alkanes of at least 4 members (excludes halogenated alkanes) is 3. The lowest BCUT2D eigenvalue weighted by atomic mass is 9.78. The highest BCUT2D eigenvalue weighted by molar-refractivity contribution is 8.02. The molecule has 9 nitrogen and oxygen atoms in total. The van der Waals surface area contributed by atoms with E-state index in [2.05, 4.69) is 36.1 Å². The monoisotopic (exact) mass is 560 g/mol. The summed E-state index contributed by atoms with van der Waals surface area (Å²) in [6.45, 7) is 9.08. The number of nitrogens with zero attached hydrogens (tertiary/aromatic N) is 4. The van der Waals surface area contributed by atoms with E-state index in [1.165, 1.54) is 0 Å². The molecule has 0 bridgehead atoms. The first-order valence-electron chi connectivity index (χ1n) is 14.8. The Kier molecular flexibility index (Phi) is 9.36. The Morgan fingerprint density at radius 3 is 2.44 bits per heavy atom. The van der Waals surface area contributed by atoms with E-state index < -0.39 is 22.6 Å². The lowest BCUT2D eigenvalue weighted by molar-refractivity contribution is -0.144. The number of fused-ring (bicyclic) bond motifs is 2. The zero-order valence-corrected chi connectivity index (χ0v) is 24.0. The maximum Gasteiger partial charge on any atom is 0.247 e. The third kappa shape index (κ3) is 5.54. The van der Waals surface area contributed by atoms with Crippen molar-refractivity contribution < 1.29 is 24.2 Å². The molecule has 1 spiro atoms. The predicted octanol–water partition coefficient (Wildman–Crippen LogP) is 1.38. The van der Waals surface area contributed by atoms with E-state index in [1.54, 1.807) is 11.8 Å². The molecular weight excluding hydrogens is 516 g/mol. The van der Waals surface area contributed by atoms with E-state index in [9.17, 15) is 14.4 Å². The van der Waals surface area contributed by atoms with Crippen LogP contribution in [0.15, 0.2) is 24.3 Å². The van der Waals surface area contributed by atoms with Crippen LogP contribution in [0.1, 0.15) is 39.0 Å². The summed E-state index contributed by atoms with van der Waals surface area (Å²) in [5.74, 6) is -0.982. The van der Waals surface area contributed by atoms with Gasteiger partial charge < -0.3 is 24.5 Å². The highest BCUT2D eigenvalue weighted by Crippen LogP contribution is 2.61. The third-order valence-electron chi connectivity index (χ3n) is 8.92. The Bertz CT molecular complexity index is 969. The molecule has 0 aromatic heterocycles. The van der Waals surface area contributed by atoms with Crippen LogP contribution in [0.5, 0.6) is 0 Å². The van der Waals surface area contributed by atoms with Crippen molar-refractivity contribution in [1.29, 1.82) is 0 Å². The maximum atomic E-state index is 14.3. The minimum atomic E-state index is -0.739. The summed E-state index contributed by atoms with van der Waals surface area (Å²) in [6, 6.07) is -0.603. The van der Waals surface area contributed by atoms with Crippen LogP contribution in [0.4, 0.5) is 0 Å². The standard InChI is InChI=1S/C29H44N4O5S/c1-2-11-31-12-7-9-22-23(26(31)35)24-27(36)33(14-5-3-4-6-19-34)25-28(37)32(13-8-10-29(24,25)39-22)16-15-30-17-20-38-21-18-30/h7-10,22-25,34H,2-6,11-21H2,1H3/t22-,23+,24-,25?,29-/m0/s1. The van der Waals surface area contributed by atoms with Gasteiger partial charge in [-0.2, -0.15) is 0 Å². The fraction of sp³-hybridized carbons (Fsp3) is 0.759. The summed E-state index contributed by atoms with van der Waals surface area (Å²) in [5, 5.41) is 9.05. The topological polar surface area (TPSA) is 93.6 Å². The van der Waals surface area contributed by atoms with Crippen molar-refractivity contribution in [2.24, 2.45) is 11.8 Å². The summed E-state index contributed by atoms with van der Waals surface area (Å²) in [5.41, 5.74) is 0. The average Bonchev–Trinajstić information content (AvgIpc) is 3.26. The molecule has 5 heterocycles. The summed E-state index contributed by atoms with van der Waals surface area (Å²) < 4.78 is 4.74. The molecule has 10 heteroatoms. The number of aliphatic hydroxyl groups is 1. The summed E-state index contributed by atoms with van der Waals surface area (Å²) >= 11 is 1.66. The van der Waals surface area contributed by atoms with Gasteiger partial charge in [0.2, 0.25) is 17.7 Å². The third-order valence-corrected chi connectivity index (χ3v) is 10.7. The molecule has 5 rings (SSSR count). The smallest absolute Gasteiger partial charge is 0.247 e. The highest BCUT2D eigenvalue weighted by atomic mass is 32.2. The van der Waals surface area contributed by atoms with Crippen LogP contribution < -0.4 is 0 Å². The zero-order chi connectivity index (χ0) is 27.4. The number of hydrogen-bond acceptors (Lipinski definition) is 7. The molecule has 3 saturated heterocycles. The molecular formula is C29H44N4O5S. The number of likely N-dealkylation sites (tertiary alicyclic amines) is 1. The van der Waals surface area contributed by atoms with Gasteiger partial charge in [0, 0.05) is 64.2 Å². The Morgan fingerprint density at radius 1 is 0.923 bits per heavy atom. The molecule has 216 valence electrons. The van der Waals surface area contributed by atoms with Gasteiger partial charge in [-0.25, -0.2) is 0 Å². The summed E-state index contributed by atoms with van der Waals surface area (Å²) in [4.78, 5) is 50.4. The van der Waals surface area contributed by atoms with Gasteiger partial charge in [0.1, 0.15) is 6.04 Å². The fourth-order valence-electron chi connectivity index (χ4n) is 6.98. The molecule has 1 unspecified atom stereocenters. The van der Waals surface area contributed by atoms with Gasteiger partial charge in [0.15, 0.2) is 0 Å². The van der Waals surface area contributed by atoms with Gasteiger partial charge in [-0.1, -0.05) is 44.1 Å².